The number of aryl methyl sites for hydroxylation is 1. The number of methoxy groups -OCH3 is 1. The van der Waals surface area contributed by atoms with E-state index in [-0.39, 0.29) is 5.78 Å². The van der Waals surface area contributed by atoms with Gasteiger partial charge in [0.25, 0.3) is 0 Å². The maximum atomic E-state index is 11.2. The van der Waals surface area contributed by atoms with Gasteiger partial charge in [-0.05, 0) is 31.5 Å². The number of carbonyl (C=O) groups is 1. The molecular formula is C11H11NO2. The van der Waals surface area contributed by atoms with Gasteiger partial charge in [0, 0.05) is 0 Å². The van der Waals surface area contributed by atoms with Crippen molar-refractivity contribution < 1.29 is 9.53 Å². The van der Waals surface area contributed by atoms with Crippen molar-refractivity contribution >= 4 is 5.78 Å². The van der Waals surface area contributed by atoms with E-state index >= 15 is 0 Å². The van der Waals surface area contributed by atoms with Gasteiger partial charge >= 0.3 is 0 Å². The normalized spacial score (nSPS) is 9.29. The van der Waals surface area contributed by atoms with Gasteiger partial charge in [0.2, 0.25) is 0 Å². The van der Waals surface area contributed by atoms with Gasteiger partial charge in [0.1, 0.15) is 5.75 Å². The molecule has 0 aliphatic heterocycles. The van der Waals surface area contributed by atoms with Crippen LogP contribution in [-0.4, -0.2) is 12.9 Å². The highest BCUT2D eigenvalue weighted by Crippen LogP contribution is 2.23. The van der Waals surface area contributed by atoms with Crippen molar-refractivity contribution in [1.82, 2.24) is 0 Å². The van der Waals surface area contributed by atoms with Crippen LogP contribution in [0.3, 0.4) is 0 Å². The van der Waals surface area contributed by atoms with E-state index < -0.39 is 0 Å². The number of hydrogen-bond donors (Lipinski definition) is 0. The Bertz CT molecular complexity index is 416. The summed E-state index contributed by atoms with van der Waals surface area (Å²) >= 11 is 0. The maximum absolute atomic E-state index is 11.2. The summed E-state index contributed by atoms with van der Waals surface area (Å²) in [4.78, 5) is 11.2. The topological polar surface area (TPSA) is 50.1 Å². The first-order valence-corrected chi connectivity index (χ1v) is 4.19. The molecule has 1 rings (SSSR count). The average molecular weight is 189 g/mol. The van der Waals surface area contributed by atoms with Crippen molar-refractivity contribution in [3.63, 3.8) is 0 Å². The molecule has 0 spiro atoms. The molecule has 3 nitrogen and oxygen atoms in total. The summed E-state index contributed by atoms with van der Waals surface area (Å²) < 4.78 is 5.06. The third kappa shape index (κ3) is 1.74. The molecule has 72 valence electrons. The fourth-order valence-corrected chi connectivity index (χ4v) is 1.25. The van der Waals surface area contributed by atoms with Gasteiger partial charge in [-0.1, -0.05) is 0 Å². The van der Waals surface area contributed by atoms with Crippen LogP contribution in [-0.2, 0) is 0 Å². The minimum absolute atomic E-state index is 0.0987. The molecule has 0 amide bonds. The molecule has 0 atom stereocenters. The number of nitrogens with zero attached hydrogens (tertiary/aromatic N) is 1. The third-order valence-electron chi connectivity index (χ3n) is 2.05. The number of hydrogen-bond acceptors (Lipinski definition) is 3. The zero-order valence-electron chi connectivity index (χ0n) is 8.42. The fourth-order valence-electron chi connectivity index (χ4n) is 1.25. The number of Topliss-reactive ketones (excluding diaryl/α,β-unsaturated/α-hetero) is 1. The minimum atomic E-state index is -0.0987. The lowest BCUT2D eigenvalue weighted by Gasteiger charge is -2.07. The molecule has 0 unspecified atom stereocenters. The Hall–Kier alpha value is -1.82. The molecule has 14 heavy (non-hydrogen) atoms. The average Bonchev–Trinajstić information content (AvgIpc) is 2.16. The Morgan fingerprint density at radius 3 is 2.57 bits per heavy atom. The molecule has 0 aliphatic carbocycles. The lowest BCUT2D eigenvalue weighted by atomic mass is 10.0. The molecule has 0 radical (unpaired) electrons. The number of benzene rings is 1. The van der Waals surface area contributed by atoms with Crippen LogP contribution in [0.25, 0.3) is 0 Å². The summed E-state index contributed by atoms with van der Waals surface area (Å²) in [5.41, 5.74) is 1.78. The second kappa shape index (κ2) is 3.93. The molecule has 1 aromatic rings. The Morgan fingerprint density at radius 2 is 2.14 bits per heavy atom. The van der Waals surface area contributed by atoms with Crippen LogP contribution in [0, 0.1) is 18.3 Å². The van der Waals surface area contributed by atoms with Crippen LogP contribution in [0.5, 0.6) is 5.75 Å². The number of ketones is 1. The zero-order chi connectivity index (χ0) is 10.7. The molecule has 1 aromatic carbocycles. The predicted octanol–water partition coefficient (Wildman–Crippen LogP) is 2.08. The highest BCUT2D eigenvalue weighted by molar-refractivity contribution is 5.97. The quantitative estimate of drug-likeness (QED) is 0.669. The molecule has 0 saturated carbocycles. The summed E-state index contributed by atoms with van der Waals surface area (Å²) in [5.74, 6) is 0.423. The summed E-state index contributed by atoms with van der Waals surface area (Å²) in [5, 5.41) is 8.79. The largest absolute Gasteiger partial charge is 0.496 e. The Kier molecular flexibility index (Phi) is 2.88. The van der Waals surface area contributed by atoms with Gasteiger partial charge in [0.05, 0.1) is 24.3 Å². The summed E-state index contributed by atoms with van der Waals surface area (Å²) in [6.07, 6.45) is 0. The molecule has 0 fully saturated rings. The number of carbonyl (C=O) groups excluding carboxylic acids is 1. The van der Waals surface area contributed by atoms with Crippen LogP contribution < -0.4 is 4.74 Å². The van der Waals surface area contributed by atoms with Gasteiger partial charge in [0.15, 0.2) is 5.78 Å². The van der Waals surface area contributed by atoms with Gasteiger partial charge in [-0.15, -0.1) is 0 Å². The smallest absolute Gasteiger partial charge is 0.163 e. The standard InChI is InChI=1S/C11H11NO2/c1-7-4-11(14-3)10(8(2)13)5-9(7)6-12/h4-5H,1-3H3. The highest BCUT2D eigenvalue weighted by Gasteiger charge is 2.10. The van der Waals surface area contributed by atoms with E-state index in [0.717, 1.165) is 5.56 Å². The first-order chi connectivity index (χ1) is 6.60. The fraction of sp³-hybridized carbons (Fsp3) is 0.273. The molecule has 3 heteroatoms. The number of rotatable bonds is 2. The molecule has 0 aromatic heterocycles. The highest BCUT2D eigenvalue weighted by atomic mass is 16.5. The molecule has 0 aliphatic rings. The van der Waals surface area contributed by atoms with Crippen molar-refractivity contribution in [2.24, 2.45) is 0 Å². The second-order valence-electron chi connectivity index (χ2n) is 3.04. The first-order valence-electron chi connectivity index (χ1n) is 4.19. The Balaban J connectivity index is 3.42. The second-order valence-corrected chi connectivity index (χ2v) is 3.04. The predicted molar refractivity (Wildman–Crippen MR) is 52.5 cm³/mol. The lowest BCUT2D eigenvalue weighted by Crippen LogP contribution is -1.99. The zero-order valence-corrected chi connectivity index (χ0v) is 8.42. The molecule has 0 bridgehead atoms. The van der Waals surface area contributed by atoms with Gasteiger partial charge in [-0.25, -0.2) is 0 Å². The summed E-state index contributed by atoms with van der Waals surface area (Å²) in [7, 11) is 1.51. The van der Waals surface area contributed by atoms with Gasteiger partial charge in [-0.3, -0.25) is 4.79 Å². The lowest BCUT2D eigenvalue weighted by molar-refractivity contribution is 0.101. The van der Waals surface area contributed by atoms with E-state index in [2.05, 4.69) is 0 Å². The molecule has 0 saturated heterocycles. The van der Waals surface area contributed by atoms with Crippen LogP contribution in [0.15, 0.2) is 12.1 Å². The first kappa shape index (κ1) is 10.3. The summed E-state index contributed by atoms with van der Waals surface area (Å²) in [6.45, 7) is 3.26. The van der Waals surface area contributed by atoms with E-state index in [9.17, 15) is 4.79 Å². The Labute approximate surface area is 82.9 Å². The van der Waals surface area contributed by atoms with Crippen LogP contribution in [0.4, 0.5) is 0 Å². The van der Waals surface area contributed by atoms with Crippen molar-refractivity contribution in [3.05, 3.63) is 28.8 Å². The molecule has 0 heterocycles. The van der Waals surface area contributed by atoms with Crippen LogP contribution in [0.2, 0.25) is 0 Å². The minimum Gasteiger partial charge on any atom is -0.496 e. The van der Waals surface area contributed by atoms with Crippen molar-refractivity contribution in [3.8, 4) is 11.8 Å². The van der Waals surface area contributed by atoms with Crippen molar-refractivity contribution in [2.75, 3.05) is 7.11 Å². The SMILES string of the molecule is COc1cc(C)c(C#N)cc1C(C)=O. The molecule has 0 N–H and O–H groups in total. The van der Waals surface area contributed by atoms with Crippen molar-refractivity contribution in [1.29, 1.82) is 5.26 Å². The van der Waals surface area contributed by atoms with E-state index in [0.29, 0.717) is 16.9 Å². The van der Waals surface area contributed by atoms with Gasteiger partial charge < -0.3 is 4.74 Å². The van der Waals surface area contributed by atoms with Crippen molar-refractivity contribution in [2.45, 2.75) is 13.8 Å². The maximum Gasteiger partial charge on any atom is 0.163 e. The Morgan fingerprint density at radius 1 is 1.50 bits per heavy atom. The molecular weight excluding hydrogens is 178 g/mol. The van der Waals surface area contributed by atoms with E-state index in [1.54, 1.807) is 12.1 Å². The summed E-state index contributed by atoms with van der Waals surface area (Å²) in [6, 6.07) is 5.30. The van der Waals surface area contributed by atoms with Crippen LogP contribution >= 0.6 is 0 Å². The third-order valence-corrected chi connectivity index (χ3v) is 2.05. The number of ether oxygens (including phenoxy) is 1. The van der Waals surface area contributed by atoms with Crippen LogP contribution in [0.1, 0.15) is 28.4 Å². The monoisotopic (exact) mass is 189 g/mol. The van der Waals surface area contributed by atoms with E-state index in [1.807, 2.05) is 13.0 Å². The van der Waals surface area contributed by atoms with E-state index in [1.165, 1.54) is 14.0 Å². The van der Waals surface area contributed by atoms with E-state index in [4.69, 9.17) is 10.00 Å². The number of nitriles is 1. The van der Waals surface area contributed by atoms with Gasteiger partial charge in [-0.2, -0.15) is 5.26 Å².